The molecule has 0 radical (unpaired) electrons. The summed E-state index contributed by atoms with van der Waals surface area (Å²) < 4.78 is 29.8. The van der Waals surface area contributed by atoms with Crippen molar-refractivity contribution >= 4 is 22.4 Å². The van der Waals surface area contributed by atoms with E-state index in [4.69, 9.17) is 14.6 Å². The van der Waals surface area contributed by atoms with E-state index in [1.54, 1.807) is 22.9 Å². The van der Waals surface area contributed by atoms with Gasteiger partial charge in [-0.15, -0.1) is 5.10 Å². The van der Waals surface area contributed by atoms with E-state index < -0.39 is 5.82 Å². The highest BCUT2D eigenvalue weighted by Crippen LogP contribution is 2.29. The van der Waals surface area contributed by atoms with Crippen molar-refractivity contribution < 1.29 is 13.9 Å². The van der Waals surface area contributed by atoms with E-state index in [9.17, 15) is 9.18 Å². The predicted molar refractivity (Wildman–Crippen MR) is 176 cm³/mol. The Morgan fingerprint density at radius 1 is 0.867 bits per heavy atom. The summed E-state index contributed by atoms with van der Waals surface area (Å²) in [6.07, 6.45) is 8.98. The van der Waals surface area contributed by atoms with Gasteiger partial charge in [0.2, 0.25) is 4.96 Å². The molecule has 0 aliphatic carbocycles. The largest absolute Gasteiger partial charge is 0.494 e. The molecule has 0 saturated carbocycles. The van der Waals surface area contributed by atoms with Crippen LogP contribution in [0.3, 0.4) is 0 Å². The van der Waals surface area contributed by atoms with Crippen LogP contribution in [0.1, 0.15) is 51.5 Å². The molecular formula is C35H34FN5O3S. The summed E-state index contributed by atoms with van der Waals surface area (Å²) in [7, 11) is 0. The van der Waals surface area contributed by atoms with Crippen LogP contribution in [0.25, 0.3) is 39.4 Å². The summed E-state index contributed by atoms with van der Waals surface area (Å²) in [6.45, 7) is 5.28. The topological polar surface area (TPSA) is 83.5 Å². The molecule has 0 amide bonds. The Balaban J connectivity index is 1.31. The van der Waals surface area contributed by atoms with Crippen molar-refractivity contribution in [1.82, 2.24) is 24.4 Å². The number of benzene rings is 3. The van der Waals surface area contributed by atoms with E-state index in [1.165, 1.54) is 34.8 Å². The van der Waals surface area contributed by atoms with Crippen LogP contribution in [0.4, 0.5) is 4.39 Å². The van der Waals surface area contributed by atoms with Crippen LogP contribution in [0.15, 0.2) is 83.8 Å². The highest BCUT2D eigenvalue weighted by atomic mass is 32.1. The van der Waals surface area contributed by atoms with Crippen LogP contribution < -0.4 is 19.6 Å². The minimum absolute atomic E-state index is 0.196. The van der Waals surface area contributed by atoms with Crippen molar-refractivity contribution in [3.05, 3.63) is 105 Å². The second-order valence-corrected chi connectivity index (χ2v) is 11.7. The van der Waals surface area contributed by atoms with Crippen LogP contribution >= 0.6 is 11.3 Å². The van der Waals surface area contributed by atoms with Gasteiger partial charge in [0.05, 0.1) is 23.4 Å². The predicted octanol–water partition coefficient (Wildman–Crippen LogP) is 7.11. The van der Waals surface area contributed by atoms with Crippen molar-refractivity contribution in [2.24, 2.45) is 0 Å². The van der Waals surface area contributed by atoms with Gasteiger partial charge in [-0.3, -0.25) is 4.79 Å². The van der Waals surface area contributed by atoms with E-state index in [1.807, 2.05) is 67.7 Å². The van der Waals surface area contributed by atoms with Gasteiger partial charge in [0.25, 0.3) is 5.56 Å². The van der Waals surface area contributed by atoms with Gasteiger partial charge in [0.1, 0.15) is 11.4 Å². The summed E-state index contributed by atoms with van der Waals surface area (Å²) in [6, 6.07) is 22.0. The van der Waals surface area contributed by atoms with E-state index in [-0.39, 0.29) is 11.3 Å². The van der Waals surface area contributed by atoms with Crippen LogP contribution in [-0.4, -0.2) is 37.6 Å². The highest BCUT2D eigenvalue weighted by molar-refractivity contribution is 7.15. The molecule has 0 unspecified atom stereocenters. The third-order valence-corrected chi connectivity index (χ3v) is 8.24. The monoisotopic (exact) mass is 623 g/mol. The highest BCUT2D eigenvalue weighted by Gasteiger charge is 2.16. The standard InChI is InChI=1S/C35H34FN5O3S/c1-3-5-6-10-20-43-28-16-13-24(14-17-28)33-37-35-41(39-33)34(42)31(45-35)22-26-23-40(27-11-8-7-9-12-27)38-32(26)25-15-18-30(29(36)21-25)44-19-4-2/h7-9,11-18,21-23H,3-6,10,19-20H2,1-2H3. The first-order valence-electron chi connectivity index (χ1n) is 15.3. The van der Waals surface area contributed by atoms with E-state index in [0.717, 1.165) is 36.3 Å². The number of fused-ring (bicyclic) bond motifs is 1. The van der Waals surface area contributed by atoms with Crippen molar-refractivity contribution in [1.29, 1.82) is 0 Å². The number of thiazole rings is 1. The maximum Gasteiger partial charge on any atom is 0.291 e. The van der Waals surface area contributed by atoms with Gasteiger partial charge in [-0.25, -0.2) is 9.07 Å². The van der Waals surface area contributed by atoms with E-state index >= 15 is 0 Å². The van der Waals surface area contributed by atoms with Crippen LogP contribution in [-0.2, 0) is 0 Å². The second-order valence-electron chi connectivity index (χ2n) is 10.7. The normalized spacial score (nSPS) is 11.8. The molecule has 3 aromatic heterocycles. The van der Waals surface area contributed by atoms with Gasteiger partial charge < -0.3 is 9.47 Å². The Morgan fingerprint density at radius 3 is 2.40 bits per heavy atom. The SMILES string of the molecule is CCCCCCOc1ccc(-c2nc3sc(=Cc4cn(-c5ccccc5)nc4-c4ccc(OCCC)c(F)c4)c(=O)n3n2)cc1. The Labute approximate surface area is 264 Å². The molecule has 0 saturated heterocycles. The van der Waals surface area contributed by atoms with Crippen molar-refractivity contribution in [2.45, 2.75) is 46.0 Å². The summed E-state index contributed by atoms with van der Waals surface area (Å²) >= 11 is 1.24. The van der Waals surface area contributed by atoms with Crippen molar-refractivity contribution in [3.8, 4) is 39.8 Å². The molecule has 45 heavy (non-hydrogen) atoms. The van der Waals surface area contributed by atoms with Crippen LogP contribution in [0.2, 0.25) is 0 Å². The Hall–Kier alpha value is -4.83. The van der Waals surface area contributed by atoms with Crippen LogP contribution in [0.5, 0.6) is 11.5 Å². The lowest BCUT2D eigenvalue weighted by Gasteiger charge is -2.07. The molecule has 0 N–H and O–H groups in total. The smallest absolute Gasteiger partial charge is 0.291 e. The first-order chi connectivity index (χ1) is 22.0. The fourth-order valence-corrected chi connectivity index (χ4v) is 5.82. The molecule has 3 heterocycles. The average molecular weight is 624 g/mol. The number of unbranched alkanes of at least 4 members (excludes halogenated alkanes) is 3. The molecule has 0 bridgehead atoms. The quantitative estimate of drug-likeness (QED) is 0.128. The van der Waals surface area contributed by atoms with Gasteiger partial charge in [-0.05, 0) is 73.5 Å². The summed E-state index contributed by atoms with van der Waals surface area (Å²) in [5.74, 6) is 0.996. The molecule has 0 fully saturated rings. The zero-order valence-electron chi connectivity index (χ0n) is 25.3. The minimum Gasteiger partial charge on any atom is -0.494 e. The number of aromatic nitrogens is 5. The maximum atomic E-state index is 15.0. The fourth-order valence-electron chi connectivity index (χ4n) is 4.92. The van der Waals surface area contributed by atoms with Crippen LogP contribution in [0, 0.1) is 5.82 Å². The first-order valence-corrected chi connectivity index (χ1v) is 16.1. The zero-order chi connectivity index (χ0) is 31.2. The molecule has 230 valence electrons. The summed E-state index contributed by atoms with van der Waals surface area (Å²) in [5, 5.41) is 9.28. The lowest BCUT2D eigenvalue weighted by atomic mass is 10.1. The molecule has 0 aliphatic heterocycles. The van der Waals surface area contributed by atoms with E-state index in [0.29, 0.717) is 45.4 Å². The number of ether oxygens (including phenoxy) is 2. The van der Waals surface area contributed by atoms with Gasteiger partial charge in [-0.1, -0.05) is 62.6 Å². The number of halogens is 1. The second kappa shape index (κ2) is 13.9. The molecule has 0 spiro atoms. The van der Waals surface area contributed by atoms with Gasteiger partial charge in [-0.2, -0.15) is 14.6 Å². The zero-order valence-corrected chi connectivity index (χ0v) is 26.1. The van der Waals surface area contributed by atoms with E-state index in [2.05, 4.69) is 17.0 Å². The van der Waals surface area contributed by atoms with Gasteiger partial charge >= 0.3 is 0 Å². The average Bonchev–Trinajstić information content (AvgIpc) is 3.76. The molecule has 0 atom stereocenters. The summed E-state index contributed by atoms with van der Waals surface area (Å²) in [5.41, 5.74) is 3.12. The fraction of sp³-hybridized carbons (Fsp3) is 0.257. The molecule has 6 aromatic rings. The summed E-state index contributed by atoms with van der Waals surface area (Å²) in [4.78, 5) is 18.6. The third kappa shape index (κ3) is 6.81. The minimum atomic E-state index is -0.469. The number of hydrogen-bond acceptors (Lipinski definition) is 7. The van der Waals surface area contributed by atoms with Gasteiger partial charge in [0.15, 0.2) is 17.4 Å². The molecule has 0 aliphatic rings. The van der Waals surface area contributed by atoms with Crippen molar-refractivity contribution in [2.75, 3.05) is 13.2 Å². The first kappa shape index (κ1) is 30.2. The molecule has 8 nitrogen and oxygen atoms in total. The number of rotatable bonds is 13. The number of nitrogens with zero attached hydrogens (tertiary/aromatic N) is 5. The van der Waals surface area contributed by atoms with Crippen molar-refractivity contribution in [3.63, 3.8) is 0 Å². The molecule has 6 rings (SSSR count). The lowest BCUT2D eigenvalue weighted by molar-refractivity contribution is 0.301. The number of para-hydroxylation sites is 1. The Morgan fingerprint density at radius 2 is 1.67 bits per heavy atom. The lowest BCUT2D eigenvalue weighted by Crippen LogP contribution is -2.23. The number of hydrogen-bond donors (Lipinski definition) is 0. The maximum absolute atomic E-state index is 15.0. The molecule has 10 heteroatoms. The third-order valence-electron chi connectivity index (χ3n) is 7.28. The van der Waals surface area contributed by atoms with Gasteiger partial charge in [0, 0.05) is 22.9 Å². The molecule has 3 aromatic carbocycles. The Bertz CT molecular complexity index is 2000. The Kier molecular flexibility index (Phi) is 9.30. The molecular weight excluding hydrogens is 589 g/mol.